The lowest BCUT2D eigenvalue weighted by atomic mass is 9.97. The number of carbonyl (C=O) groups excluding carboxylic acids is 2. The van der Waals surface area contributed by atoms with Crippen LogP contribution in [0.3, 0.4) is 0 Å². The molecule has 2 rings (SSSR count). The van der Waals surface area contributed by atoms with Crippen molar-refractivity contribution < 1.29 is 9.59 Å². The summed E-state index contributed by atoms with van der Waals surface area (Å²) in [5, 5.41) is 2.76. The number of benzene rings is 1. The van der Waals surface area contributed by atoms with Gasteiger partial charge in [0.1, 0.15) is 0 Å². The molecule has 0 aliphatic heterocycles. The van der Waals surface area contributed by atoms with Crippen molar-refractivity contribution in [3.05, 3.63) is 30.3 Å². The largest absolute Gasteiger partial charge is 0.335 e. The Balaban J connectivity index is 0.00000220. The lowest BCUT2D eigenvalue weighted by Gasteiger charge is -2.28. The Morgan fingerprint density at radius 3 is 2.38 bits per heavy atom. The molecule has 0 saturated heterocycles. The topological polar surface area (TPSA) is 75.4 Å². The molecule has 1 aliphatic carbocycles. The fourth-order valence-electron chi connectivity index (χ4n) is 2.61. The number of amides is 2. The first-order valence-electron chi connectivity index (χ1n) is 6.91. The van der Waals surface area contributed by atoms with Crippen molar-refractivity contribution in [1.82, 2.24) is 4.90 Å². The van der Waals surface area contributed by atoms with Crippen LogP contribution < -0.4 is 11.1 Å². The molecule has 21 heavy (non-hydrogen) atoms. The maximum atomic E-state index is 12.3. The second kappa shape index (κ2) is 7.43. The quantitative estimate of drug-likeness (QED) is 0.890. The molecule has 1 aliphatic rings. The number of likely N-dealkylation sites (N-methyl/N-ethyl adjacent to an activating group) is 1. The van der Waals surface area contributed by atoms with Gasteiger partial charge in [-0.25, -0.2) is 0 Å². The molecule has 0 unspecified atom stereocenters. The van der Waals surface area contributed by atoms with Gasteiger partial charge in [0, 0.05) is 12.7 Å². The summed E-state index contributed by atoms with van der Waals surface area (Å²) in [6.07, 6.45) is 3.37. The molecule has 0 radical (unpaired) electrons. The minimum absolute atomic E-state index is 0. The molecule has 1 aromatic rings. The number of hydrogen-bond acceptors (Lipinski definition) is 3. The molecule has 0 heterocycles. The molecule has 3 N–H and O–H groups in total. The zero-order valence-corrected chi connectivity index (χ0v) is 13.0. The summed E-state index contributed by atoms with van der Waals surface area (Å²) in [4.78, 5) is 25.6. The highest BCUT2D eigenvalue weighted by atomic mass is 35.5. The smallest absolute Gasteiger partial charge is 0.243 e. The average molecular weight is 312 g/mol. The van der Waals surface area contributed by atoms with Crippen LogP contribution in [-0.4, -0.2) is 35.8 Å². The molecule has 2 amide bonds. The normalized spacial score (nSPS) is 15.9. The number of nitrogens with one attached hydrogen (secondary N) is 1. The number of rotatable bonds is 4. The van der Waals surface area contributed by atoms with E-state index in [0.717, 1.165) is 18.5 Å². The molecular weight excluding hydrogens is 290 g/mol. The number of para-hydroxylation sites is 1. The van der Waals surface area contributed by atoms with E-state index >= 15 is 0 Å². The number of hydrogen-bond donors (Lipinski definition) is 2. The summed E-state index contributed by atoms with van der Waals surface area (Å²) in [6, 6.07) is 9.18. The van der Waals surface area contributed by atoms with Crippen LogP contribution >= 0.6 is 12.4 Å². The summed E-state index contributed by atoms with van der Waals surface area (Å²) in [7, 11) is 1.62. The van der Waals surface area contributed by atoms with E-state index in [4.69, 9.17) is 5.73 Å². The Hall–Kier alpha value is -1.59. The van der Waals surface area contributed by atoms with E-state index in [0.29, 0.717) is 12.8 Å². The highest BCUT2D eigenvalue weighted by molar-refractivity contribution is 5.96. The van der Waals surface area contributed by atoms with E-state index in [-0.39, 0.29) is 30.8 Å². The van der Waals surface area contributed by atoms with Crippen LogP contribution in [0.2, 0.25) is 0 Å². The van der Waals surface area contributed by atoms with Gasteiger partial charge in [0.2, 0.25) is 11.8 Å². The van der Waals surface area contributed by atoms with Crippen molar-refractivity contribution in [2.45, 2.75) is 31.2 Å². The molecule has 6 heteroatoms. The van der Waals surface area contributed by atoms with E-state index < -0.39 is 5.54 Å². The number of nitrogens with zero attached hydrogens (tertiary/aromatic N) is 1. The highest BCUT2D eigenvalue weighted by Gasteiger charge is 2.39. The zero-order valence-electron chi connectivity index (χ0n) is 12.2. The summed E-state index contributed by atoms with van der Waals surface area (Å²) < 4.78 is 0. The maximum Gasteiger partial charge on any atom is 0.243 e. The SMILES string of the molecule is CN(CC(=O)Nc1ccccc1)C(=O)C1(N)CCCC1.Cl. The van der Waals surface area contributed by atoms with Crippen molar-refractivity contribution in [2.24, 2.45) is 5.73 Å². The minimum atomic E-state index is -0.776. The van der Waals surface area contributed by atoms with Crippen LogP contribution in [0.1, 0.15) is 25.7 Å². The average Bonchev–Trinajstić information content (AvgIpc) is 2.87. The monoisotopic (exact) mass is 311 g/mol. The van der Waals surface area contributed by atoms with Gasteiger partial charge >= 0.3 is 0 Å². The van der Waals surface area contributed by atoms with Crippen molar-refractivity contribution in [3.8, 4) is 0 Å². The molecule has 0 spiro atoms. The fourth-order valence-corrected chi connectivity index (χ4v) is 2.61. The Labute approximate surface area is 131 Å². The third-order valence-corrected chi connectivity index (χ3v) is 3.71. The van der Waals surface area contributed by atoms with Crippen molar-refractivity contribution in [1.29, 1.82) is 0 Å². The predicted octanol–water partition coefficient (Wildman–Crippen LogP) is 1.78. The van der Waals surface area contributed by atoms with Gasteiger partial charge in [-0.3, -0.25) is 9.59 Å². The van der Waals surface area contributed by atoms with Crippen molar-refractivity contribution >= 4 is 29.9 Å². The standard InChI is InChI=1S/C15H21N3O2.ClH/c1-18(14(20)15(16)9-5-6-10-15)11-13(19)17-12-7-3-2-4-8-12;/h2-4,7-8H,5-6,9-11,16H2,1H3,(H,17,19);1H. The lowest BCUT2D eigenvalue weighted by Crippen LogP contribution is -2.53. The molecule has 5 nitrogen and oxygen atoms in total. The number of carbonyl (C=O) groups is 2. The fraction of sp³-hybridized carbons (Fsp3) is 0.467. The van der Waals surface area contributed by atoms with Gasteiger partial charge in [-0.15, -0.1) is 12.4 Å². The molecule has 0 bridgehead atoms. The van der Waals surface area contributed by atoms with Gasteiger partial charge < -0.3 is 16.0 Å². The molecule has 0 atom stereocenters. The van der Waals surface area contributed by atoms with Gasteiger partial charge in [0.15, 0.2) is 0 Å². The van der Waals surface area contributed by atoms with Crippen molar-refractivity contribution in [2.75, 3.05) is 18.9 Å². The zero-order chi connectivity index (χ0) is 14.6. The van der Waals surface area contributed by atoms with Crippen LogP contribution in [0.4, 0.5) is 5.69 Å². The van der Waals surface area contributed by atoms with Crippen LogP contribution in [0, 0.1) is 0 Å². The van der Waals surface area contributed by atoms with Crippen LogP contribution in [0.5, 0.6) is 0 Å². The van der Waals surface area contributed by atoms with Crippen LogP contribution in [-0.2, 0) is 9.59 Å². The Morgan fingerprint density at radius 1 is 1.24 bits per heavy atom. The molecule has 1 aromatic carbocycles. The summed E-state index contributed by atoms with van der Waals surface area (Å²) >= 11 is 0. The van der Waals surface area contributed by atoms with Gasteiger partial charge in [-0.2, -0.15) is 0 Å². The van der Waals surface area contributed by atoms with E-state index in [1.807, 2.05) is 18.2 Å². The molecule has 1 saturated carbocycles. The first-order chi connectivity index (χ1) is 9.51. The molecule has 116 valence electrons. The van der Waals surface area contributed by atoms with Gasteiger partial charge in [-0.05, 0) is 25.0 Å². The van der Waals surface area contributed by atoms with Crippen LogP contribution in [0.15, 0.2) is 30.3 Å². The van der Waals surface area contributed by atoms with Crippen LogP contribution in [0.25, 0.3) is 0 Å². The Kier molecular flexibility index (Phi) is 6.18. The van der Waals surface area contributed by atoms with E-state index in [1.165, 1.54) is 4.90 Å². The molecule has 0 aromatic heterocycles. The third kappa shape index (κ3) is 4.44. The van der Waals surface area contributed by atoms with E-state index in [1.54, 1.807) is 19.2 Å². The summed E-state index contributed by atoms with van der Waals surface area (Å²) in [5.74, 6) is -0.355. The molecule has 1 fully saturated rings. The first kappa shape index (κ1) is 17.5. The first-order valence-corrected chi connectivity index (χ1v) is 6.91. The summed E-state index contributed by atoms with van der Waals surface area (Å²) in [6.45, 7) is 0.0205. The maximum absolute atomic E-state index is 12.3. The van der Waals surface area contributed by atoms with Gasteiger partial charge in [0.05, 0.1) is 12.1 Å². The highest BCUT2D eigenvalue weighted by Crippen LogP contribution is 2.28. The number of halogens is 1. The Morgan fingerprint density at radius 2 is 1.81 bits per heavy atom. The predicted molar refractivity (Wildman–Crippen MR) is 85.3 cm³/mol. The summed E-state index contributed by atoms with van der Waals surface area (Å²) in [5.41, 5.74) is 6.06. The minimum Gasteiger partial charge on any atom is -0.335 e. The van der Waals surface area contributed by atoms with E-state index in [9.17, 15) is 9.59 Å². The third-order valence-electron chi connectivity index (χ3n) is 3.71. The number of anilines is 1. The molecular formula is C15H22ClN3O2. The lowest BCUT2D eigenvalue weighted by molar-refractivity contribution is -0.138. The van der Waals surface area contributed by atoms with Crippen molar-refractivity contribution in [3.63, 3.8) is 0 Å². The second-order valence-corrected chi connectivity index (χ2v) is 5.44. The van der Waals surface area contributed by atoms with E-state index in [2.05, 4.69) is 5.32 Å². The number of nitrogens with two attached hydrogens (primary N) is 1. The Bertz CT molecular complexity index is 487. The van der Waals surface area contributed by atoms with Gasteiger partial charge in [-0.1, -0.05) is 31.0 Å². The van der Waals surface area contributed by atoms with Gasteiger partial charge in [0.25, 0.3) is 0 Å². The second-order valence-electron chi connectivity index (χ2n) is 5.44.